The number of hydrogen-bond donors (Lipinski definition) is 1. The smallest absolute Gasteiger partial charge is 0.253 e. The standard InChI is InChI=1S/C29H29ClN6O3/c1-19-6-9-21-15-25(29(37)31-26(21)14-19)27(28-32-33-34-36(28)18-24-5-3-13-39-24)35(17-23-4-2-12-38-23)16-20-7-10-22(30)11-8-20/h2,4,6-12,14-15,24,27H,3,5,13,16-18H2,1H3,(H,31,37)/t24-,27+/m1/s1. The number of pyridine rings is 1. The number of ether oxygens (including phenoxy) is 1. The molecule has 1 aliphatic rings. The Morgan fingerprint density at radius 3 is 2.79 bits per heavy atom. The van der Waals surface area contributed by atoms with Crippen LogP contribution in [0.25, 0.3) is 10.9 Å². The number of hydrogen-bond acceptors (Lipinski definition) is 7. The van der Waals surface area contributed by atoms with Crippen LogP contribution in [0.5, 0.6) is 0 Å². The Bertz CT molecular complexity index is 1610. The lowest BCUT2D eigenvalue weighted by Crippen LogP contribution is -2.35. The number of H-pyrrole nitrogens is 1. The highest BCUT2D eigenvalue weighted by molar-refractivity contribution is 6.30. The molecule has 1 saturated heterocycles. The molecule has 2 atom stereocenters. The first-order chi connectivity index (χ1) is 19.0. The molecule has 10 heteroatoms. The molecular formula is C29H29ClN6O3. The van der Waals surface area contributed by atoms with E-state index >= 15 is 0 Å². The van der Waals surface area contributed by atoms with Crippen LogP contribution >= 0.6 is 11.6 Å². The van der Waals surface area contributed by atoms with Crippen molar-refractivity contribution in [2.75, 3.05) is 6.61 Å². The van der Waals surface area contributed by atoms with E-state index < -0.39 is 6.04 Å². The Labute approximate surface area is 230 Å². The van der Waals surface area contributed by atoms with Gasteiger partial charge in [0.1, 0.15) is 11.8 Å². The normalized spacial score (nSPS) is 16.3. The van der Waals surface area contributed by atoms with Gasteiger partial charge in [0.15, 0.2) is 5.82 Å². The maximum absolute atomic E-state index is 13.7. The SMILES string of the molecule is Cc1ccc2cc([C@@H](c3nnnn3C[C@H]3CCCO3)N(Cc3ccc(Cl)cc3)Cc3ccco3)c(=O)[nH]c2c1. The average molecular weight is 545 g/mol. The summed E-state index contributed by atoms with van der Waals surface area (Å²) in [6.45, 7) is 4.18. The number of aromatic amines is 1. The Morgan fingerprint density at radius 2 is 2.03 bits per heavy atom. The minimum atomic E-state index is -0.573. The Morgan fingerprint density at radius 1 is 1.15 bits per heavy atom. The number of halogens is 1. The number of benzene rings is 2. The van der Waals surface area contributed by atoms with Gasteiger partial charge in [0.05, 0.1) is 25.5 Å². The average Bonchev–Trinajstić information content (AvgIpc) is 3.71. The van der Waals surface area contributed by atoms with E-state index in [1.165, 1.54) is 0 Å². The highest BCUT2D eigenvalue weighted by Crippen LogP contribution is 2.31. The van der Waals surface area contributed by atoms with Gasteiger partial charge in [-0.3, -0.25) is 9.69 Å². The Hall–Kier alpha value is -3.79. The second kappa shape index (κ2) is 11.1. The fourth-order valence-electron chi connectivity index (χ4n) is 5.22. The number of rotatable bonds is 9. The van der Waals surface area contributed by atoms with Crippen molar-refractivity contribution < 1.29 is 9.15 Å². The van der Waals surface area contributed by atoms with E-state index in [1.54, 1.807) is 10.9 Å². The summed E-state index contributed by atoms with van der Waals surface area (Å²) >= 11 is 6.18. The molecule has 0 aliphatic carbocycles. The summed E-state index contributed by atoms with van der Waals surface area (Å²) in [5.41, 5.74) is 3.25. The van der Waals surface area contributed by atoms with E-state index in [2.05, 4.69) is 25.4 Å². The predicted octanol–water partition coefficient (Wildman–Crippen LogP) is 5.04. The molecule has 0 bridgehead atoms. The molecular weight excluding hydrogens is 516 g/mol. The topological polar surface area (TPSA) is 102 Å². The van der Waals surface area contributed by atoms with Gasteiger partial charge < -0.3 is 14.1 Å². The number of aromatic nitrogens is 5. The van der Waals surface area contributed by atoms with Crippen molar-refractivity contribution in [3.8, 4) is 0 Å². The molecule has 3 aromatic heterocycles. The molecule has 200 valence electrons. The maximum atomic E-state index is 13.7. The number of nitrogens with one attached hydrogen (secondary N) is 1. The van der Waals surface area contributed by atoms with Gasteiger partial charge in [0.2, 0.25) is 0 Å². The lowest BCUT2D eigenvalue weighted by Gasteiger charge is -2.30. The van der Waals surface area contributed by atoms with Gasteiger partial charge in [-0.15, -0.1) is 5.10 Å². The number of tetrazole rings is 1. The molecule has 0 amide bonds. The zero-order chi connectivity index (χ0) is 26.8. The van der Waals surface area contributed by atoms with Crippen molar-refractivity contribution >= 4 is 22.5 Å². The second-order valence-electron chi connectivity index (χ2n) is 10.0. The number of aryl methyl sites for hydroxylation is 1. The summed E-state index contributed by atoms with van der Waals surface area (Å²) in [7, 11) is 0. The number of furan rings is 1. The fraction of sp³-hybridized carbons (Fsp3) is 0.310. The first-order valence-corrected chi connectivity index (χ1v) is 13.4. The number of nitrogens with zero attached hydrogens (tertiary/aromatic N) is 5. The lowest BCUT2D eigenvalue weighted by molar-refractivity contribution is 0.0901. The van der Waals surface area contributed by atoms with Crippen molar-refractivity contribution in [2.24, 2.45) is 0 Å². The molecule has 0 radical (unpaired) electrons. The molecule has 5 aromatic rings. The van der Waals surface area contributed by atoms with Crippen molar-refractivity contribution in [1.82, 2.24) is 30.1 Å². The molecule has 0 spiro atoms. The van der Waals surface area contributed by atoms with Gasteiger partial charge in [-0.1, -0.05) is 35.9 Å². The summed E-state index contributed by atoms with van der Waals surface area (Å²) in [6.07, 6.45) is 3.63. The minimum absolute atomic E-state index is 0.0283. The predicted molar refractivity (Wildman–Crippen MR) is 147 cm³/mol. The van der Waals surface area contributed by atoms with Crippen molar-refractivity contribution in [1.29, 1.82) is 0 Å². The fourth-order valence-corrected chi connectivity index (χ4v) is 5.34. The van der Waals surface area contributed by atoms with Crippen LogP contribution in [0, 0.1) is 6.92 Å². The molecule has 0 saturated carbocycles. The Kier molecular flexibility index (Phi) is 7.28. The Balaban J connectivity index is 1.49. The largest absolute Gasteiger partial charge is 0.468 e. The first-order valence-electron chi connectivity index (χ1n) is 13.1. The number of fused-ring (bicyclic) bond motifs is 1. The van der Waals surface area contributed by atoms with E-state index in [4.69, 9.17) is 20.8 Å². The first kappa shape index (κ1) is 25.5. The van der Waals surface area contributed by atoms with Crippen molar-refractivity contribution in [2.45, 2.75) is 51.5 Å². The third kappa shape index (κ3) is 5.66. The zero-order valence-electron chi connectivity index (χ0n) is 21.6. The highest BCUT2D eigenvalue weighted by Gasteiger charge is 2.32. The quantitative estimate of drug-likeness (QED) is 0.277. The van der Waals surface area contributed by atoms with Crippen LogP contribution in [0.1, 0.15) is 47.2 Å². The van der Waals surface area contributed by atoms with Crippen LogP contribution in [-0.4, -0.2) is 42.8 Å². The summed E-state index contributed by atoms with van der Waals surface area (Å²) < 4.78 is 13.4. The lowest BCUT2D eigenvalue weighted by atomic mass is 10.0. The van der Waals surface area contributed by atoms with Crippen LogP contribution in [0.15, 0.2) is 76.1 Å². The van der Waals surface area contributed by atoms with Gasteiger partial charge in [-0.05, 0) is 83.1 Å². The molecule has 1 aliphatic heterocycles. The molecule has 2 aromatic carbocycles. The molecule has 39 heavy (non-hydrogen) atoms. The van der Waals surface area contributed by atoms with Crippen molar-refractivity contribution in [3.63, 3.8) is 0 Å². The molecule has 6 rings (SSSR count). The monoisotopic (exact) mass is 544 g/mol. The molecule has 1 fully saturated rings. The summed E-state index contributed by atoms with van der Waals surface area (Å²) in [4.78, 5) is 19.0. The zero-order valence-corrected chi connectivity index (χ0v) is 22.3. The summed E-state index contributed by atoms with van der Waals surface area (Å²) in [6, 6.07) is 18.9. The summed E-state index contributed by atoms with van der Waals surface area (Å²) in [5.74, 6) is 1.34. The van der Waals surface area contributed by atoms with E-state index in [9.17, 15) is 4.79 Å². The third-order valence-corrected chi connectivity index (χ3v) is 7.38. The third-order valence-electron chi connectivity index (χ3n) is 7.13. The second-order valence-corrected chi connectivity index (χ2v) is 10.4. The van der Waals surface area contributed by atoms with Gasteiger partial charge in [-0.25, -0.2) is 4.68 Å². The maximum Gasteiger partial charge on any atom is 0.253 e. The van der Waals surface area contributed by atoms with E-state index in [0.717, 1.165) is 47.2 Å². The van der Waals surface area contributed by atoms with Crippen LogP contribution < -0.4 is 5.56 Å². The van der Waals surface area contributed by atoms with Gasteiger partial charge in [-0.2, -0.15) is 0 Å². The molecule has 9 nitrogen and oxygen atoms in total. The van der Waals surface area contributed by atoms with E-state index in [0.29, 0.717) is 36.0 Å². The van der Waals surface area contributed by atoms with Gasteiger partial charge in [0.25, 0.3) is 5.56 Å². The molecule has 1 N–H and O–H groups in total. The van der Waals surface area contributed by atoms with E-state index in [1.807, 2.05) is 67.6 Å². The van der Waals surface area contributed by atoms with Crippen LogP contribution in [0.4, 0.5) is 0 Å². The van der Waals surface area contributed by atoms with Crippen LogP contribution in [-0.2, 0) is 24.4 Å². The molecule has 0 unspecified atom stereocenters. The summed E-state index contributed by atoms with van der Waals surface area (Å²) in [5, 5.41) is 14.4. The van der Waals surface area contributed by atoms with Gasteiger partial charge >= 0.3 is 0 Å². The minimum Gasteiger partial charge on any atom is -0.468 e. The van der Waals surface area contributed by atoms with E-state index in [-0.39, 0.29) is 11.7 Å². The molecule has 4 heterocycles. The van der Waals surface area contributed by atoms with Crippen LogP contribution in [0.3, 0.4) is 0 Å². The van der Waals surface area contributed by atoms with Crippen molar-refractivity contribution in [3.05, 3.63) is 111 Å². The van der Waals surface area contributed by atoms with Gasteiger partial charge in [0, 0.05) is 29.3 Å². The highest BCUT2D eigenvalue weighted by atomic mass is 35.5. The van der Waals surface area contributed by atoms with Crippen LogP contribution in [0.2, 0.25) is 5.02 Å².